The number of aromatic nitrogens is 1. The number of anilines is 1. The number of hydrogen-bond acceptors (Lipinski definition) is 4. The van der Waals surface area contributed by atoms with Crippen LogP contribution in [0.2, 0.25) is 10.0 Å². The van der Waals surface area contributed by atoms with Gasteiger partial charge < -0.3 is 5.32 Å². The van der Waals surface area contributed by atoms with Crippen LogP contribution in [0.15, 0.2) is 30.3 Å². The number of rotatable bonds is 2. The van der Waals surface area contributed by atoms with Gasteiger partial charge in [0.2, 0.25) is 0 Å². The average Bonchev–Trinajstić information content (AvgIpc) is 2.95. The lowest BCUT2D eigenvalue weighted by atomic mass is 10.1. The maximum Gasteiger partial charge on any atom is 0.258 e. The molecular formula is C17H13Cl2N3OS2. The minimum absolute atomic E-state index is 0.158. The summed E-state index contributed by atoms with van der Waals surface area (Å²) in [5, 5.41) is 7.06. The summed E-state index contributed by atoms with van der Waals surface area (Å²) >= 11 is 18.6. The predicted molar refractivity (Wildman–Crippen MR) is 109 cm³/mol. The number of hydrogen-bond donors (Lipinski definition) is 2. The van der Waals surface area contributed by atoms with Crippen LogP contribution in [0.1, 0.15) is 21.5 Å². The number of thiocarbonyl (C=S) groups is 1. The lowest BCUT2D eigenvalue weighted by Crippen LogP contribution is -2.34. The number of carbonyl (C=O) groups excluding carboxylic acids is 1. The van der Waals surface area contributed by atoms with E-state index in [2.05, 4.69) is 21.7 Å². The first-order valence-corrected chi connectivity index (χ1v) is 9.27. The van der Waals surface area contributed by atoms with Crippen molar-refractivity contribution in [2.75, 3.05) is 5.32 Å². The molecule has 0 aliphatic rings. The first-order chi connectivity index (χ1) is 11.8. The summed E-state index contributed by atoms with van der Waals surface area (Å²) in [5.74, 6) is -0.410. The van der Waals surface area contributed by atoms with E-state index >= 15 is 0 Å². The Labute approximate surface area is 164 Å². The van der Waals surface area contributed by atoms with Crippen molar-refractivity contribution in [2.45, 2.75) is 13.8 Å². The Morgan fingerprint density at radius 2 is 1.88 bits per heavy atom. The number of aryl methyl sites for hydroxylation is 2. The third-order valence-electron chi connectivity index (χ3n) is 3.57. The van der Waals surface area contributed by atoms with E-state index in [0.29, 0.717) is 15.7 Å². The van der Waals surface area contributed by atoms with Gasteiger partial charge in [-0.25, -0.2) is 4.98 Å². The van der Waals surface area contributed by atoms with Crippen molar-refractivity contribution in [2.24, 2.45) is 0 Å². The summed E-state index contributed by atoms with van der Waals surface area (Å²) < 4.78 is 1.09. The molecule has 0 bridgehead atoms. The van der Waals surface area contributed by atoms with Crippen LogP contribution in [0.3, 0.4) is 0 Å². The number of nitrogens with zero attached hydrogens (tertiary/aromatic N) is 1. The number of nitrogens with one attached hydrogen (secondary N) is 2. The molecule has 0 spiro atoms. The van der Waals surface area contributed by atoms with Gasteiger partial charge in [0.25, 0.3) is 5.91 Å². The van der Waals surface area contributed by atoms with E-state index in [4.69, 9.17) is 35.4 Å². The van der Waals surface area contributed by atoms with Crippen molar-refractivity contribution in [1.29, 1.82) is 0 Å². The largest absolute Gasteiger partial charge is 0.308 e. The molecule has 4 nitrogen and oxygen atoms in total. The minimum Gasteiger partial charge on any atom is -0.308 e. The van der Waals surface area contributed by atoms with Gasteiger partial charge in [0.1, 0.15) is 0 Å². The van der Waals surface area contributed by atoms with Crippen LogP contribution in [0, 0.1) is 13.8 Å². The van der Waals surface area contributed by atoms with Crippen LogP contribution in [0.5, 0.6) is 0 Å². The summed E-state index contributed by atoms with van der Waals surface area (Å²) in [6.07, 6.45) is 0. The van der Waals surface area contributed by atoms with Gasteiger partial charge in [-0.2, -0.15) is 0 Å². The van der Waals surface area contributed by atoms with Crippen molar-refractivity contribution in [1.82, 2.24) is 10.3 Å². The highest BCUT2D eigenvalue weighted by molar-refractivity contribution is 7.80. The summed E-state index contributed by atoms with van der Waals surface area (Å²) in [6.45, 7) is 4.04. The fourth-order valence-corrected chi connectivity index (χ4v) is 4.05. The smallest absolute Gasteiger partial charge is 0.258 e. The van der Waals surface area contributed by atoms with Gasteiger partial charge in [-0.15, -0.1) is 0 Å². The summed E-state index contributed by atoms with van der Waals surface area (Å²) in [7, 11) is 0. The molecule has 0 saturated carbocycles. The van der Waals surface area contributed by atoms with Gasteiger partial charge in [-0.1, -0.05) is 46.7 Å². The maximum atomic E-state index is 12.3. The first kappa shape index (κ1) is 18.1. The molecule has 0 atom stereocenters. The van der Waals surface area contributed by atoms with Crippen molar-refractivity contribution in [3.63, 3.8) is 0 Å². The fourth-order valence-electron chi connectivity index (χ4n) is 2.29. The number of thiazole rings is 1. The van der Waals surface area contributed by atoms with Crippen LogP contribution in [-0.2, 0) is 0 Å². The van der Waals surface area contributed by atoms with Gasteiger partial charge in [0, 0.05) is 5.02 Å². The quantitative estimate of drug-likeness (QED) is 0.560. The molecule has 3 rings (SSSR count). The van der Waals surface area contributed by atoms with E-state index in [1.807, 2.05) is 19.9 Å². The van der Waals surface area contributed by atoms with Crippen LogP contribution in [0.25, 0.3) is 10.2 Å². The molecule has 3 aromatic rings. The van der Waals surface area contributed by atoms with Crippen LogP contribution in [-0.4, -0.2) is 16.0 Å². The minimum atomic E-state index is -0.410. The average molecular weight is 410 g/mol. The van der Waals surface area contributed by atoms with Gasteiger partial charge in [0.15, 0.2) is 10.2 Å². The third kappa shape index (κ3) is 3.93. The molecule has 2 aromatic carbocycles. The van der Waals surface area contributed by atoms with Crippen molar-refractivity contribution in [3.05, 3.63) is 57.1 Å². The molecule has 1 heterocycles. The molecule has 0 saturated heterocycles. The van der Waals surface area contributed by atoms with E-state index in [1.165, 1.54) is 17.4 Å². The third-order valence-corrected chi connectivity index (χ3v) is 5.42. The summed E-state index contributed by atoms with van der Waals surface area (Å²) in [4.78, 5) is 16.8. The predicted octanol–water partition coefficient (Wildman–Crippen LogP) is 5.35. The molecule has 25 heavy (non-hydrogen) atoms. The monoisotopic (exact) mass is 409 g/mol. The van der Waals surface area contributed by atoms with Gasteiger partial charge in [-0.3, -0.25) is 10.1 Å². The standard InChI is InChI=1S/C17H13Cl2N3OS2/c1-8-3-4-9(2)14-13(8)20-17(25-14)22-16(24)21-15(23)11-6-5-10(18)7-12(11)19/h3-7H,1-2H3,(H2,20,21,22,23,24). The number of fused-ring (bicyclic) bond motifs is 1. The second kappa shape index (κ2) is 7.25. The number of carbonyl (C=O) groups is 1. The second-order valence-corrected chi connectivity index (χ2v) is 7.68. The Hall–Kier alpha value is -1.73. The first-order valence-electron chi connectivity index (χ1n) is 7.29. The molecule has 1 amide bonds. The topological polar surface area (TPSA) is 54.0 Å². The van der Waals surface area contributed by atoms with E-state index in [0.717, 1.165) is 21.3 Å². The van der Waals surface area contributed by atoms with Crippen molar-refractivity contribution >= 4 is 73.1 Å². The van der Waals surface area contributed by atoms with E-state index in [1.54, 1.807) is 12.1 Å². The second-order valence-electron chi connectivity index (χ2n) is 5.43. The molecule has 0 aliphatic heterocycles. The molecule has 0 aliphatic carbocycles. The lowest BCUT2D eigenvalue weighted by molar-refractivity contribution is 0.0978. The van der Waals surface area contributed by atoms with Crippen molar-refractivity contribution in [3.8, 4) is 0 Å². The Morgan fingerprint density at radius 1 is 1.16 bits per heavy atom. The molecule has 128 valence electrons. The van der Waals surface area contributed by atoms with Crippen LogP contribution < -0.4 is 10.6 Å². The van der Waals surface area contributed by atoms with E-state index < -0.39 is 5.91 Å². The highest BCUT2D eigenvalue weighted by Crippen LogP contribution is 2.30. The summed E-state index contributed by atoms with van der Waals surface area (Å²) in [6, 6.07) is 8.74. The number of benzene rings is 2. The van der Waals surface area contributed by atoms with Crippen LogP contribution >= 0.6 is 46.8 Å². The van der Waals surface area contributed by atoms with Crippen molar-refractivity contribution < 1.29 is 4.79 Å². The Bertz CT molecular complexity index is 962. The van der Waals surface area contributed by atoms with Gasteiger partial charge in [0.05, 0.1) is 20.8 Å². The van der Waals surface area contributed by atoms with Crippen LogP contribution in [0.4, 0.5) is 5.13 Å². The molecule has 8 heteroatoms. The number of halogens is 2. The van der Waals surface area contributed by atoms with E-state index in [-0.39, 0.29) is 10.1 Å². The summed E-state index contributed by atoms with van der Waals surface area (Å²) in [5.41, 5.74) is 3.47. The Morgan fingerprint density at radius 3 is 2.56 bits per heavy atom. The zero-order chi connectivity index (χ0) is 18.1. The molecular weight excluding hydrogens is 397 g/mol. The molecule has 0 unspecified atom stereocenters. The zero-order valence-corrected chi connectivity index (χ0v) is 16.5. The maximum absolute atomic E-state index is 12.3. The SMILES string of the molecule is Cc1ccc(C)c2sc(NC(=S)NC(=O)c3ccc(Cl)cc3Cl)nc12. The van der Waals surface area contributed by atoms with Gasteiger partial charge >= 0.3 is 0 Å². The Kier molecular flexibility index (Phi) is 5.24. The molecule has 2 N–H and O–H groups in total. The highest BCUT2D eigenvalue weighted by Gasteiger charge is 2.14. The highest BCUT2D eigenvalue weighted by atomic mass is 35.5. The molecule has 1 aromatic heterocycles. The fraction of sp³-hybridized carbons (Fsp3) is 0.118. The van der Waals surface area contributed by atoms with E-state index in [9.17, 15) is 4.79 Å². The zero-order valence-electron chi connectivity index (χ0n) is 13.3. The Balaban J connectivity index is 1.75. The van der Waals surface area contributed by atoms with Gasteiger partial charge in [-0.05, 0) is 55.4 Å². The lowest BCUT2D eigenvalue weighted by Gasteiger charge is -2.08. The molecule has 0 radical (unpaired) electrons. The molecule has 0 fully saturated rings. The number of amides is 1. The normalized spacial score (nSPS) is 10.7.